The molecule has 1 aromatic carbocycles. The van der Waals surface area contributed by atoms with Crippen LogP contribution < -0.4 is 16.0 Å². The maximum Gasteiger partial charge on any atom is 0.387 e. The number of quaternary nitrogens is 1. The van der Waals surface area contributed by atoms with Crippen molar-refractivity contribution >= 4 is 11.6 Å². The van der Waals surface area contributed by atoms with E-state index in [2.05, 4.69) is 19.7 Å². The molecule has 4 aromatic rings. The number of hydrogen-bond acceptors (Lipinski definition) is 6. The summed E-state index contributed by atoms with van der Waals surface area (Å²) in [6.07, 6.45) is 8.22. The third-order valence-corrected chi connectivity index (χ3v) is 8.33. The number of hydrogen-bond donors (Lipinski definition) is 1. The molecule has 4 N–H and O–H groups in total. The maximum atomic E-state index is 15.2. The van der Waals surface area contributed by atoms with Gasteiger partial charge < -0.3 is 25.2 Å². The van der Waals surface area contributed by atoms with Crippen LogP contribution in [0.25, 0.3) is 16.8 Å². The summed E-state index contributed by atoms with van der Waals surface area (Å²) in [5.41, 5.74) is 3.10. The molecule has 40 heavy (non-hydrogen) atoms. The first-order chi connectivity index (χ1) is 18.8. The van der Waals surface area contributed by atoms with Crippen LogP contribution in [-0.2, 0) is 11.2 Å². The van der Waals surface area contributed by atoms with E-state index in [1.165, 1.54) is 12.1 Å². The fraction of sp³-hybridized carbons (Fsp3) is 0.379. The van der Waals surface area contributed by atoms with Gasteiger partial charge in [-0.15, -0.1) is 0 Å². The monoisotopic (exact) mass is 553 g/mol. The van der Waals surface area contributed by atoms with E-state index in [4.69, 9.17) is 0 Å². The van der Waals surface area contributed by atoms with E-state index in [1.54, 1.807) is 48.1 Å². The average molecular weight is 554 g/mol. The van der Waals surface area contributed by atoms with Crippen molar-refractivity contribution in [3.63, 3.8) is 0 Å². The van der Waals surface area contributed by atoms with Gasteiger partial charge in [-0.05, 0) is 50.5 Å². The molecule has 0 aliphatic heterocycles. The number of aliphatic carboxylic acids is 1. The minimum absolute atomic E-state index is 0. The Morgan fingerprint density at radius 3 is 2.55 bits per heavy atom. The molecule has 0 saturated heterocycles. The molecule has 3 aromatic heterocycles. The van der Waals surface area contributed by atoms with Gasteiger partial charge in [0.25, 0.3) is 0 Å². The van der Waals surface area contributed by atoms with E-state index in [-0.39, 0.29) is 41.6 Å². The lowest BCUT2D eigenvalue weighted by Crippen LogP contribution is -2.45. The molecule has 3 fully saturated rings. The quantitative estimate of drug-likeness (QED) is 0.340. The van der Waals surface area contributed by atoms with Crippen molar-refractivity contribution in [2.75, 3.05) is 0 Å². The Bertz CT molecular complexity index is 1540. The van der Waals surface area contributed by atoms with Crippen LogP contribution in [0.5, 0.6) is 5.75 Å². The Balaban J connectivity index is 0.00000323. The van der Waals surface area contributed by atoms with Crippen molar-refractivity contribution in [3.05, 3.63) is 77.5 Å². The van der Waals surface area contributed by atoms with Gasteiger partial charge in [0.2, 0.25) is 0 Å². The van der Waals surface area contributed by atoms with E-state index in [0.717, 1.165) is 25.0 Å². The lowest BCUT2D eigenvalue weighted by molar-refractivity contribution is -0.316. The van der Waals surface area contributed by atoms with Crippen LogP contribution >= 0.6 is 0 Å². The molecule has 3 aliphatic rings. The number of pyridine rings is 1. The van der Waals surface area contributed by atoms with Crippen molar-refractivity contribution in [2.24, 2.45) is 17.8 Å². The highest BCUT2D eigenvalue weighted by Gasteiger charge is 2.43. The van der Waals surface area contributed by atoms with Crippen molar-refractivity contribution < 1.29 is 27.8 Å². The van der Waals surface area contributed by atoms with E-state index in [1.807, 2.05) is 0 Å². The number of halogens is 3. The zero-order valence-corrected chi connectivity index (χ0v) is 22.2. The number of alkyl halides is 2. The highest BCUT2D eigenvalue weighted by atomic mass is 19.3. The number of rotatable bonds is 7. The largest absolute Gasteiger partial charge is 0.550 e. The molecule has 210 valence electrons. The Morgan fingerprint density at radius 1 is 1.15 bits per heavy atom. The van der Waals surface area contributed by atoms with Gasteiger partial charge in [0.15, 0.2) is 0 Å². The van der Waals surface area contributed by atoms with Crippen LogP contribution in [0, 0.1) is 30.5 Å². The standard InChI is InChI=1S/C29H27F3N4O3.H3N/c1-15-24(10-18-4-2-3-5-25(18)39-29(31)32)36-14-22(23(30)11-26(36)35-15)19-12-33-27(34-13-19)20-8-17-7-6-16(20)9-21(17)28(37)38;/h2-5,11-14,16-17,20-21,29H,6-10H2,1H3,(H,37,38);1H3. The van der Waals surface area contributed by atoms with Gasteiger partial charge in [-0.3, -0.25) is 0 Å². The number of imidazole rings is 1. The SMILES string of the molecule is Cc1nc2cc(F)c(-c3cnc(C4CC5CCC4CC5C(=O)[O-])nc3)cn2c1Cc1ccccc1OC(F)F.[NH4+]. The Hall–Kier alpha value is -3.99. The van der Waals surface area contributed by atoms with Gasteiger partial charge in [-0.1, -0.05) is 18.2 Å². The van der Waals surface area contributed by atoms with Crippen molar-refractivity contribution in [2.45, 2.75) is 51.6 Å². The van der Waals surface area contributed by atoms with E-state index < -0.39 is 24.3 Å². The Labute approximate surface area is 228 Å². The third-order valence-electron chi connectivity index (χ3n) is 8.33. The molecule has 3 saturated carbocycles. The predicted molar refractivity (Wildman–Crippen MR) is 139 cm³/mol. The van der Waals surface area contributed by atoms with Crippen LogP contribution in [0.2, 0.25) is 0 Å². The predicted octanol–water partition coefficient (Wildman–Crippen LogP) is 5.08. The molecule has 0 amide bonds. The van der Waals surface area contributed by atoms with Gasteiger partial charge in [0.1, 0.15) is 23.0 Å². The van der Waals surface area contributed by atoms with E-state index >= 15 is 4.39 Å². The first-order valence-electron chi connectivity index (χ1n) is 13.0. The summed E-state index contributed by atoms with van der Waals surface area (Å²) in [5.74, 6) is -0.759. The number of fused-ring (bicyclic) bond motifs is 4. The second-order valence-electron chi connectivity index (χ2n) is 10.5. The number of carboxylic acid groups (broad SMARTS) is 1. The normalized spacial score (nSPS) is 21.9. The molecule has 0 spiro atoms. The van der Waals surface area contributed by atoms with Gasteiger partial charge in [-0.2, -0.15) is 8.78 Å². The summed E-state index contributed by atoms with van der Waals surface area (Å²) >= 11 is 0. The number of ether oxygens (including phenoxy) is 1. The number of para-hydroxylation sites is 1. The molecular weight excluding hydrogens is 523 g/mol. The number of benzene rings is 1. The van der Waals surface area contributed by atoms with Gasteiger partial charge >= 0.3 is 6.61 Å². The van der Waals surface area contributed by atoms with Gasteiger partial charge in [0.05, 0.1) is 5.69 Å². The minimum Gasteiger partial charge on any atom is -0.550 e. The first kappa shape index (κ1) is 27.6. The van der Waals surface area contributed by atoms with E-state index in [0.29, 0.717) is 34.7 Å². The summed E-state index contributed by atoms with van der Waals surface area (Å²) in [6.45, 7) is -1.16. The summed E-state index contributed by atoms with van der Waals surface area (Å²) in [5, 5.41) is 11.5. The van der Waals surface area contributed by atoms with Crippen LogP contribution in [0.4, 0.5) is 13.2 Å². The molecule has 11 heteroatoms. The molecular formula is C29H30F3N5O3. The zero-order chi connectivity index (χ0) is 27.3. The smallest absolute Gasteiger partial charge is 0.387 e. The topological polar surface area (TPSA) is 129 Å². The molecule has 7 rings (SSSR count). The summed E-state index contributed by atoms with van der Waals surface area (Å²) in [7, 11) is 0. The molecule has 3 aliphatic carbocycles. The minimum atomic E-state index is -2.95. The summed E-state index contributed by atoms with van der Waals surface area (Å²) in [6, 6.07) is 7.90. The molecule has 4 atom stereocenters. The first-order valence-corrected chi connectivity index (χ1v) is 13.0. The van der Waals surface area contributed by atoms with Gasteiger partial charge in [-0.25, -0.2) is 19.3 Å². The maximum absolute atomic E-state index is 15.2. The highest BCUT2D eigenvalue weighted by Crippen LogP contribution is 2.51. The molecule has 8 nitrogen and oxygen atoms in total. The van der Waals surface area contributed by atoms with Crippen molar-refractivity contribution in [1.82, 2.24) is 25.5 Å². The van der Waals surface area contributed by atoms with E-state index in [9.17, 15) is 18.7 Å². The fourth-order valence-electron chi connectivity index (χ4n) is 6.40. The van der Waals surface area contributed by atoms with Crippen molar-refractivity contribution in [3.8, 4) is 16.9 Å². The lowest BCUT2D eigenvalue weighted by Gasteiger charge is -2.47. The second kappa shape index (κ2) is 10.9. The Morgan fingerprint density at radius 2 is 1.88 bits per heavy atom. The number of carbonyl (C=O) groups excluding carboxylic acids is 1. The number of nitrogens with zero attached hydrogens (tertiary/aromatic N) is 4. The molecule has 3 heterocycles. The van der Waals surface area contributed by atoms with Crippen molar-refractivity contribution in [1.29, 1.82) is 0 Å². The molecule has 0 radical (unpaired) electrons. The van der Waals surface area contributed by atoms with Crippen LogP contribution in [-0.4, -0.2) is 31.9 Å². The van der Waals surface area contributed by atoms with Crippen LogP contribution in [0.1, 0.15) is 54.4 Å². The number of carboxylic acids is 1. The lowest BCUT2D eigenvalue weighted by atomic mass is 9.59. The summed E-state index contributed by atoms with van der Waals surface area (Å²) in [4.78, 5) is 25.1. The molecule has 4 unspecified atom stereocenters. The highest BCUT2D eigenvalue weighted by molar-refractivity contribution is 5.68. The number of aromatic nitrogens is 4. The zero-order valence-electron chi connectivity index (χ0n) is 22.2. The average Bonchev–Trinajstić information content (AvgIpc) is 3.22. The van der Waals surface area contributed by atoms with Gasteiger partial charge in [0, 0.05) is 71.3 Å². The number of aryl methyl sites for hydroxylation is 1. The summed E-state index contributed by atoms with van der Waals surface area (Å²) < 4.78 is 47.5. The van der Waals surface area contributed by atoms with Crippen LogP contribution in [0.3, 0.4) is 0 Å². The molecule has 2 bridgehead atoms. The third kappa shape index (κ3) is 5.01. The number of carbonyl (C=O) groups is 1. The fourth-order valence-corrected chi connectivity index (χ4v) is 6.40. The van der Waals surface area contributed by atoms with Crippen LogP contribution in [0.15, 0.2) is 48.9 Å². The second-order valence-corrected chi connectivity index (χ2v) is 10.5. The Kier molecular flexibility index (Phi) is 7.50.